The summed E-state index contributed by atoms with van der Waals surface area (Å²) in [6.07, 6.45) is -2.45. The van der Waals surface area contributed by atoms with Gasteiger partial charge in [-0.15, -0.1) is 0 Å². The lowest BCUT2D eigenvalue weighted by atomic mass is 10.0. The topological polar surface area (TPSA) is 133 Å². The summed E-state index contributed by atoms with van der Waals surface area (Å²) >= 11 is 0. The summed E-state index contributed by atoms with van der Waals surface area (Å²) in [5.74, 6) is -4.69. The SMILES string of the molecule is [3H]C(c1ccccc1)C([3H])(NC(C)=O)C(=O)NC(CCC(=O)O)C(=O)O. The van der Waals surface area contributed by atoms with Gasteiger partial charge in [-0.1, -0.05) is 30.3 Å². The zero-order chi connectivity index (χ0) is 19.9. The molecule has 1 rings (SSSR count). The van der Waals surface area contributed by atoms with Crippen molar-refractivity contribution in [3.8, 4) is 0 Å². The molecule has 8 heteroatoms. The van der Waals surface area contributed by atoms with Crippen molar-refractivity contribution in [3.05, 3.63) is 35.9 Å². The summed E-state index contributed by atoms with van der Waals surface area (Å²) < 4.78 is 16.5. The molecule has 0 fully saturated rings. The monoisotopic (exact) mass is 340 g/mol. The number of rotatable bonds is 9. The fraction of sp³-hybridized carbons (Fsp3) is 0.375. The highest BCUT2D eigenvalue weighted by Gasteiger charge is 2.26. The lowest BCUT2D eigenvalue weighted by molar-refractivity contribution is -0.143. The third-order valence-electron chi connectivity index (χ3n) is 2.92. The Hall–Kier alpha value is -2.90. The maximum Gasteiger partial charge on any atom is 0.326 e. The fourth-order valence-electron chi connectivity index (χ4n) is 1.83. The Morgan fingerprint density at radius 2 is 1.79 bits per heavy atom. The Balaban J connectivity index is 3.09. The van der Waals surface area contributed by atoms with Gasteiger partial charge in [0.25, 0.3) is 0 Å². The molecule has 8 nitrogen and oxygen atoms in total. The zero-order valence-corrected chi connectivity index (χ0v) is 13.0. The van der Waals surface area contributed by atoms with E-state index in [1.807, 2.05) is 5.32 Å². The summed E-state index contributed by atoms with van der Waals surface area (Å²) in [7, 11) is 0. The number of aliphatic carboxylic acids is 2. The molecule has 24 heavy (non-hydrogen) atoms. The molecule has 0 saturated heterocycles. The average Bonchev–Trinajstić information content (AvgIpc) is 2.57. The predicted molar refractivity (Wildman–Crippen MR) is 84.2 cm³/mol. The van der Waals surface area contributed by atoms with Gasteiger partial charge in [-0.3, -0.25) is 14.4 Å². The number of hydrogen-bond acceptors (Lipinski definition) is 4. The molecule has 1 aromatic carbocycles. The Morgan fingerprint density at radius 3 is 2.29 bits per heavy atom. The molecule has 0 spiro atoms. The predicted octanol–water partition coefficient (Wildman–Crippen LogP) is 0.168. The smallest absolute Gasteiger partial charge is 0.326 e. The number of carbonyl (C=O) groups is 4. The van der Waals surface area contributed by atoms with Crippen molar-refractivity contribution in [1.82, 2.24) is 10.6 Å². The van der Waals surface area contributed by atoms with Gasteiger partial charge in [-0.25, -0.2) is 4.79 Å². The summed E-state index contributed by atoms with van der Waals surface area (Å²) in [6.45, 7) is 1.06. The maximum absolute atomic E-state index is 12.5. The van der Waals surface area contributed by atoms with Gasteiger partial charge >= 0.3 is 11.9 Å². The third kappa shape index (κ3) is 6.91. The minimum atomic E-state index is -2.50. The molecule has 130 valence electrons. The van der Waals surface area contributed by atoms with Crippen LogP contribution in [-0.4, -0.2) is 46.0 Å². The number of hydrogen-bond donors (Lipinski definition) is 4. The molecule has 0 radical (unpaired) electrons. The summed E-state index contributed by atoms with van der Waals surface area (Å²) in [6, 6.07) is 3.78. The molecule has 3 unspecified atom stereocenters. The molecule has 0 aliphatic rings. The van der Waals surface area contributed by atoms with Crippen LogP contribution < -0.4 is 10.6 Å². The lowest BCUT2D eigenvalue weighted by Gasteiger charge is -2.21. The Morgan fingerprint density at radius 1 is 1.17 bits per heavy atom. The van der Waals surface area contributed by atoms with Gasteiger partial charge in [0.05, 0.1) is 1.37 Å². The third-order valence-corrected chi connectivity index (χ3v) is 2.92. The van der Waals surface area contributed by atoms with Crippen LogP contribution in [-0.2, 0) is 25.6 Å². The van der Waals surface area contributed by atoms with Gasteiger partial charge < -0.3 is 20.8 Å². The van der Waals surface area contributed by atoms with Gasteiger partial charge in [-0.2, -0.15) is 0 Å². The largest absolute Gasteiger partial charge is 0.481 e. The van der Waals surface area contributed by atoms with Crippen LogP contribution in [0.4, 0.5) is 0 Å². The average molecular weight is 340 g/mol. The van der Waals surface area contributed by atoms with E-state index in [1.54, 1.807) is 18.2 Å². The van der Waals surface area contributed by atoms with Crippen LogP contribution in [0.15, 0.2) is 30.3 Å². The second-order valence-electron chi connectivity index (χ2n) is 4.95. The molecule has 0 heterocycles. The number of carbonyl (C=O) groups excluding carboxylic acids is 2. The maximum atomic E-state index is 12.5. The molecule has 1 aromatic rings. The minimum Gasteiger partial charge on any atom is -0.481 e. The number of carboxylic acids is 2. The highest BCUT2D eigenvalue weighted by Crippen LogP contribution is 2.05. The van der Waals surface area contributed by atoms with Crippen LogP contribution in [0.5, 0.6) is 0 Å². The van der Waals surface area contributed by atoms with Crippen LogP contribution >= 0.6 is 0 Å². The summed E-state index contributed by atoms with van der Waals surface area (Å²) in [4.78, 5) is 45.8. The molecule has 0 saturated carbocycles. The molecule has 4 N–H and O–H groups in total. The van der Waals surface area contributed by atoms with E-state index in [4.69, 9.17) is 13.0 Å². The molecule has 0 aliphatic heterocycles. The fourth-order valence-corrected chi connectivity index (χ4v) is 1.83. The molecule has 0 aliphatic carbocycles. The Bertz CT molecular complexity index is 685. The summed E-state index contributed by atoms with van der Waals surface area (Å²) in [5.41, 5.74) is 0.267. The lowest BCUT2D eigenvalue weighted by Crippen LogP contribution is -2.52. The zero-order valence-electron chi connectivity index (χ0n) is 15.0. The van der Waals surface area contributed by atoms with Gasteiger partial charge in [0.2, 0.25) is 11.8 Å². The first kappa shape index (κ1) is 16.0. The van der Waals surface area contributed by atoms with Crippen LogP contribution in [0.3, 0.4) is 0 Å². The standard InChI is InChI=1S/C16H20N2O6/c1-10(19)17-13(9-11-5-3-2-4-6-11)15(22)18-12(16(23)24)7-8-14(20)21/h2-6,12-13H,7-9H2,1H3,(H,17,19)(H,18,22)(H,20,21)(H,23,24)/i9T,13T. The number of nitrogens with one attached hydrogen (secondary N) is 2. The second kappa shape index (κ2) is 9.29. The first-order chi connectivity index (χ1) is 12.1. The van der Waals surface area contributed by atoms with Crippen LogP contribution in [0.1, 0.15) is 28.1 Å². The first-order valence-electron chi connectivity index (χ1n) is 8.17. The van der Waals surface area contributed by atoms with E-state index >= 15 is 0 Å². The normalized spacial score (nSPS) is 16.5. The number of benzene rings is 1. The Labute approximate surface area is 141 Å². The molecule has 0 aromatic heterocycles. The van der Waals surface area contributed by atoms with Crippen molar-refractivity contribution in [2.75, 3.05) is 0 Å². The van der Waals surface area contributed by atoms with E-state index in [0.717, 1.165) is 6.92 Å². The molecule has 3 atom stereocenters. The van der Waals surface area contributed by atoms with Gasteiger partial charge in [-0.05, 0) is 12.0 Å². The van der Waals surface area contributed by atoms with E-state index in [1.165, 1.54) is 12.1 Å². The van der Waals surface area contributed by atoms with Crippen molar-refractivity contribution >= 4 is 23.8 Å². The van der Waals surface area contributed by atoms with Crippen LogP contribution in [0, 0.1) is 0 Å². The van der Waals surface area contributed by atoms with Gasteiger partial charge in [0.1, 0.15) is 12.1 Å². The van der Waals surface area contributed by atoms with Crippen molar-refractivity contribution in [3.63, 3.8) is 0 Å². The quantitative estimate of drug-likeness (QED) is 0.506. The highest BCUT2D eigenvalue weighted by atomic mass is 16.4. The molecular weight excluding hydrogens is 316 g/mol. The molecule has 0 bridgehead atoms. The van der Waals surface area contributed by atoms with Crippen molar-refractivity contribution in [1.29, 1.82) is 0 Å². The number of carboxylic acid groups (broad SMARTS) is 2. The van der Waals surface area contributed by atoms with E-state index in [2.05, 4.69) is 5.32 Å². The number of amides is 2. The van der Waals surface area contributed by atoms with Crippen molar-refractivity contribution in [2.24, 2.45) is 0 Å². The van der Waals surface area contributed by atoms with Crippen molar-refractivity contribution < 1.29 is 32.1 Å². The Kier molecular flexibility index (Phi) is 6.18. The van der Waals surface area contributed by atoms with Crippen LogP contribution in [0.25, 0.3) is 0 Å². The minimum absolute atomic E-state index is 0.267. The van der Waals surface area contributed by atoms with E-state index in [0.29, 0.717) is 0 Å². The van der Waals surface area contributed by atoms with E-state index in [-0.39, 0.29) is 5.56 Å². The summed E-state index contributed by atoms with van der Waals surface area (Å²) in [5, 5.41) is 21.9. The second-order valence-corrected chi connectivity index (χ2v) is 4.95. The van der Waals surface area contributed by atoms with Crippen LogP contribution in [0.2, 0.25) is 0 Å². The first-order valence-corrected chi connectivity index (χ1v) is 7.09. The van der Waals surface area contributed by atoms with E-state index in [9.17, 15) is 19.2 Å². The van der Waals surface area contributed by atoms with E-state index < -0.39 is 55.1 Å². The highest BCUT2D eigenvalue weighted by molar-refractivity contribution is 5.90. The van der Waals surface area contributed by atoms with Gasteiger partial charge in [0, 0.05) is 21.1 Å². The molecular formula is C16H20N2O6. The van der Waals surface area contributed by atoms with Gasteiger partial charge in [0.15, 0.2) is 0 Å². The van der Waals surface area contributed by atoms with Crippen molar-refractivity contribution in [2.45, 2.75) is 38.2 Å². The molecule has 2 amide bonds.